The first-order valence-electron chi connectivity index (χ1n) is 7.41. The minimum atomic E-state index is 0.187. The molecular formula is C18H19BrClN. The molecule has 1 saturated carbocycles. The molecule has 1 atom stereocenters. The van der Waals surface area contributed by atoms with Gasteiger partial charge < -0.3 is 5.32 Å². The molecule has 3 rings (SSSR count). The zero-order chi connectivity index (χ0) is 14.8. The van der Waals surface area contributed by atoms with Crippen LogP contribution in [0.25, 0.3) is 0 Å². The molecule has 1 aliphatic rings. The van der Waals surface area contributed by atoms with E-state index in [1.807, 2.05) is 19.2 Å². The molecular weight excluding hydrogens is 346 g/mol. The van der Waals surface area contributed by atoms with Gasteiger partial charge in [-0.3, -0.25) is 0 Å². The molecule has 0 heterocycles. The van der Waals surface area contributed by atoms with Gasteiger partial charge in [-0.2, -0.15) is 0 Å². The van der Waals surface area contributed by atoms with E-state index in [9.17, 15) is 0 Å². The molecule has 110 valence electrons. The van der Waals surface area contributed by atoms with Crippen LogP contribution in [0.3, 0.4) is 0 Å². The number of benzene rings is 2. The van der Waals surface area contributed by atoms with E-state index in [0.29, 0.717) is 0 Å². The fourth-order valence-electron chi connectivity index (χ4n) is 3.06. The number of halogens is 2. The van der Waals surface area contributed by atoms with Crippen molar-refractivity contribution in [2.45, 2.75) is 31.2 Å². The van der Waals surface area contributed by atoms with Gasteiger partial charge in [0.1, 0.15) is 0 Å². The van der Waals surface area contributed by atoms with Crippen molar-refractivity contribution < 1.29 is 0 Å². The molecule has 0 radical (unpaired) electrons. The summed E-state index contributed by atoms with van der Waals surface area (Å²) in [6.07, 6.45) is 3.98. The Morgan fingerprint density at radius 3 is 2.57 bits per heavy atom. The Bertz CT molecular complexity index is 637. The molecule has 1 unspecified atom stereocenters. The first-order chi connectivity index (χ1) is 10.2. The number of nitrogens with one attached hydrogen (secondary N) is 1. The second-order valence-electron chi connectivity index (χ2n) is 5.65. The Hall–Kier alpha value is -0.830. The van der Waals surface area contributed by atoms with E-state index in [1.165, 1.54) is 36.0 Å². The molecule has 1 nitrogen and oxygen atoms in total. The van der Waals surface area contributed by atoms with Crippen molar-refractivity contribution in [1.29, 1.82) is 0 Å². The van der Waals surface area contributed by atoms with Crippen molar-refractivity contribution >= 4 is 27.5 Å². The highest BCUT2D eigenvalue weighted by Crippen LogP contribution is 2.41. The van der Waals surface area contributed by atoms with Crippen LogP contribution in [0.5, 0.6) is 0 Å². The summed E-state index contributed by atoms with van der Waals surface area (Å²) in [7, 11) is 2.01. The van der Waals surface area contributed by atoms with Crippen LogP contribution in [0, 0.1) is 0 Å². The summed E-state index contributed by atoms with van der Waals surface area (Å²) in [5, 5.41) is 4.21. The molecule has 1 fully saturated rings. The predicted molar refractivity (Wildman–Crippen MR) is 93.1 cm³/mol. The molecule has 0 spiro atoms. The summed E-state index contributed by atoms with van der Waals surface area (Å²) in [6.45, 7) is 0. The summed E-state index contributed by atoms with van der Waals surface area (Å²) >= 11 is 9.73. The van der Waals surface area contributed by atoms with Gasteiger partial charge >= 0.3 is 0 Å². The summed E-state index contributed by atoms with van der Waals surface area (Å²) in [6, 6.07) is 15.2. The van der Waals surface area contributed by atoms with Gasteiger partial charge in [0.25, 0.3) is 0 Å². The van der Waals surface area contributed by atoms with Crippen molar-refractivity contribution in [2.75, 3.05) is 7.05 Å². The van der Waals surface area contributed by atoms with Crippen LogP contribution < -0.4 is 5.32 Å². The molecule has 0 saturated heterocycles. The van der Waals surface area contributed by atoms with Crippen LogP contribution in [-0.2, 0) is 0 Å². The molecule has 0 aliphatic heterocycles. The Morgan fingerprint density at radius 1 is 1.19 bits per heavy atom. The van der Waals surface area contributed by atoms with E-state index in [2.05, 4.69) is 51.6 Å². The lowest BCUT2D eigenvalue weighted by molar-refractivity contribution is 0.415. The summed E-state index contributed by atoms with van der Waals surface area (Å²) in [5.41, 5.74) is 4.07. The molecule has 0 bridgehead atoms. The average Bonchev–Trinajstić information content (AvgIpc) is 2.43. The third-order valence-corrected chi connectivity index (χ3v) is 5.65. The standard InChI is InChI=1S/C18H19BrClN/c1-21-18(13-9-10-16(19)17(20)11-13)15-8-3-2-7-14(15)12-5-4-6-12/h2-3,7-12,18,21H,4-6H2,1H3. The van der Waals surface area contributed by atoms with Crippen LogP contribution >= 0.6 is 27.5 Å². The lowest BCUT2D eigenvalue weighted by atomic mass is 9.76. The minimum absolute atomic E-state index is 0.187. The van der Waals surface area contributed by atoms with E-state index >= 15 is 0 Å². The highest BCUT2D eigenvalue weighted by Gasteiger charge is 2.25. The maximum atomic E-state index is 6.27. The molecule has 0 aromatic heterocycles. The van der Waals surface area contributed by atoms with Crippen molar-refractivity contribution in [3.05, 3.63) is 68.7 Å². The van der Waals surface area contributed by atoms with Crippen LogP contribution in [0.2, 0.25) is 5.02 Å². The molecule has 0 amide bonds. The summed E-state index contributed by atoms with van der Waals surface area (Å²) < 4.78 is 0.940. The van der Waals surface area contributed by atoms with Gasteiger partial charge in [-0.15, -0.1) is 0 Å². The molecule has 1 N–H and O–H groups in total. The average molecular weight is 365 g/mol. The van der Waals surface area contributed by atoms with Crippen LogP contribution in [0.1, 0.15) is 47.9 Å². The summed E-state index contributed by atoms with van der Waals surface area (Å²) in [4.78, 5) is 0. The van der Waals surface area contributed by atoms with Gasteiger partial charge in [-0.05, 0) is 70.6 Å². The van der Waals surface area contributed by atoms with Gasteiger partial charge in [0, 0.05) is 4.47 Å². The topological polar surface area (TPSA) is 12.0 Å². The minimum Gasteiger partial charge on any atom is -0.309 e. The molecule has 21 heavy (non-hydrogen) atoms. The molecule has 3 heteroatoms. The Kier molecular flexibility index (Phi) is 4.68. The zero-order valence-electron chi connectivity index (χ0n) is 12.1. The molecule has 2 aromatic rings. The van der Waals surface area contributed by atoms with Crippen molar-refractivity contribution in [1.82, 2.24) is 5.32 Å². The predicted octanol–water partition coefficient (Wildman–Crippen LogP) is 5.68. The third kappa shape index (κ3) is 3.03. The maximum absolute atomic E-state index is 6.27. The smallest absolute Gasteiger partial charge is 0.0577 e. The van der Waals surface area contributed by atoms with Gasteiger partial charge in [0.05, 0.1) is 11.1 Å². The second-order valence-corrected chi connectivity index (χ2v) is 6.91. The van der Waals surface area contributed by atoms with E-state index < -0.39 is 0 Å². The number of hydrogen-bond donors (Lipinski definition) is 1. The fraction of sp³-hybridized carbons (Fsp3) is 0.333. The highest BCUT2D eigenvalue weighted by atomic mass is 79.9. The first-order valence-corrected chi connectivity index (χ1v) is 8.59. The van der Waals surface area contributed by atoms with Crippen molar-refractivity contribution in [3.63, 3.8) is 0 Å². The van der Waals surface area contributed by atoms with E-state index in [-0.39, 0.29) is 6.04 Å². The van der Waals surface area contributed by atoms with Gasteiger partial charge in [0.2, 0.25) is 0 Å². The van der Waals surface area contributed by atoms with Crippen LogP contribution in [0.15, 0.2) is 46.9 Å². The monoisotopic (exact) mass is 363 g/mol. The quantitative estimate of drug-likeness (QED) is 0.736. The molecule has 2 aromatic carbocycles. The van der Waals surface area contributed by atoms with Crippen molar-refractivity contribution in [3.8, 4) is 0 Å². The van der Waals surface area contributed by atoms with E-state index in [0.717, 1.165) is 15.4 Å². The number of rotatable bonds is 4. The van der Waals surface area contributed by atoms with Gasteiger partial charge in [-0.1, -0.05) is 48.4 Å². The SMILES string of the molecule is CNC(c1ccc(Br)c(Cl)c1)c1ccccc1C1CCC1. The van der Waals surface area contributed by atoms with Crippen molar-refractivity contribution in [2.24, 2.45) is 0 Å². The zero-order valence-corrected chi connectivity index (χ0v) is 14.4. The first kappa shape index (κ1) is 15.1. The lowest BCUT2D eigenvalue weighted by Crippen LogP contribution is -2.21. The Balaban J connectivity index is 2.01. The van der Waals surface area contributed by atoms with Gasteiger partial charge in [-0.25, -0.2) is 0 Å². The normalized spacial score (nSPS) is 16.5. The fourth-order valence-corrected chi connectivity index (χ4v) is 3.49. The van der Waals surface area contributed by atoms with E-state index in [4.69, 9.17) is 11.6 Å². The van der Waals surface area contributed by atoms with Crippen LogP contribution in [0.4, 0.5) is 0 Å². The lowest BCUT2D eigenvalue weighted by Gasteiger charge is -2.30. The van der Waals surface area contributed by atoms with Gasteiger partial charge in [0.15, 0.2) is 0 Å². The number of hydrogen-bond acceptors (Lipinski definition) is 1. The Morgan fingerprint density at radius 2 is 1.95 bits per heavy atom. The second kappa shape index (κ2) is 6.51. The van der Waals surface area contributed by atoms with Crippen LogP contribution in [-0.4, -0.2) is 7.05 Å². The Labute approximate surface area is 139 Å². The largest absolute Gasteiger partial charge is 0.309 e. The van der Waals surface area contributed by atoms with E-state index in [1.54, 1.807) is 0 Å². The third-order valence-electron chi connectivity index (χ3n) is 4.42. The maximum Gasteiger partial charge on any atom is 0.0577 e. The summed E-state index contributed by atoms with van der Waals surface area (Å²) in [5.74, 6) is 0.725. The molecule has 1 aliphatic carbocycles. The highest BCUT2D eigenvalue weighted by molar-refractivity contribution is 9.10.